The molecular formula is C28H27F2N3O3. The van der Waals surface area contributed by atoms with Gasteiger partial charge in [-0.25, -0.2) is 8.78 Å². The molecule has 0 aliphatic carbocycles. The van der Waals surface area contributed by atoms with Crippen LogP contribution in [0.25, 0.3) is 0 Å². The van der Waals surface area contributed by atoms with Crippen molar-refractivity contribution in [3.8, 4) is 5.75 Å². The van der Waals surface area contributed by atoms with Crippen LogP contribution < -0.4 is 9.64 Å². The van der Waals surface area contributed by atoms with Crippen molar-refractivity contribution in [2.45, 2.75) is 12.5 Å². The van der Waals surface area contributed by atoms with Crippen LogP contribution in [-0.2, 0) is 9.59 Å². The van der Waals surface area contributed by atoms with Gasteiger partial charge in [0.25, 0.3) is 5.91 Å². The summed E-state index contributed by atoms with van der Waals surface area (Å²) in [7, 11) is 0. The number of piperazine rings is 1. The average molecular weight is 492 g/mol. The van der Waals surface area contributed by atoms with Gasteiger partial charge >= 0.3 is 0 Å². The smallest absolute Gasteiger partial charge is 0.265 e. The fourth-order valence-corrected chi connectivity index (χ4v) is 4.90. The fraction of sp³-hybridized carbons (Fsp3) is 0.286. The normalized spacial score (nSPS) is 16.1. The van der Waals surface area contributed by atoms with Crippen molar-refractivity contribution in [2.75, 3.05) is 44.2 Å². The van der Waals surface area contributed by atoms with E-state index < -0.39 is 0 Å². The molecule has 8 heteroatoms. The number of hydrogen-bond acceptors (Lipinski definition) is 4. The van der Waals surface area contributed by atoms with Gasteiger partial charge in [0.05, 0.1) is 11.7 Å². The molecule has 0 saturated carbocycles. The lowest BCUT2D eigenvalue weighted by Crippen LogP contribution is -2.50. The van der Waals surface area contributed by atoms with Gasteiger partial charge in [-0.3, -0.25) is 14.5 Å². The van der Waals surface area contributed by atoms with Crippen LogP contribution in [0.3, 0.4) is 0 Å². The lowest BCUT2D eigenvalue weighted by atomic mass is 9.96. The SMILES string of the molecule is O=C(CCN1C(=O)COc2ccccc21)N1CCN(C(c2ccc(F)cc2)c2ccc(F)cc2)CC1. The number of carbonyl (C=O) groups excluding carboxylic acids is 2. The minimum absolute atomic E-state index is 0.00784. The number of carbonyl (C=O) groups is 2. The fourth-order valence-electron chi connectivity index (χ4n) is 4.90. The molecule has 6 nitrogen and oxygen atoms in total. The van der Waals surface area contributed by atoms with Gasteiger partial charge in [-0.2, -0.15) is 0 Å². The minimum Gasteiger partial charge on any atom is -0.482 e. The number of amides is 2. The van der Waals surface area contributed by atoms with Gasteiger partial charge in [0.15, 0.2) is 6.61 Å². The number of anilines is 1. The third-order valence-electron chi connectivity index (χ3n) is 6.76. The Morgan fingerprint density at radius 3 is 2.03 bits per heavy atom. The third-order valence-corrected chi connectivity index (χ3v) is 6.76. The van der Waals surface area contributed by atoms with Gasteiger partial charge in [0.2, 0.25) is 5.91 Å². The van der Waals surface area contributed by atoms with E-state index in [9.17, 15) is 18.4 Å². The lowest BCUT2D eigenvalue weighted by molar-refractivity contribution is -0.133. The maximum absolute atomic E-state index is 13.6. The van der Waals surface area contributed by atoms with E-state index in [1.807, 2.05) is 29.2 Å². The molecule has 3 aromatic carbocycles. The van der Waals surface area contributed by atoms with Gasteiger partial charge in [-0.1, -0.05) is 36.4 Å². The molecule has 1 fully saturated rings. The predicted octanol–water partition coefficient (Wildman–Crippen LogP) is 4.01. The highest BCUT2D eigenvalue weighted by Crippen LogP contribution is 2.32. The number of rotatable bonds is 6. The first kappa shape index (κ1) is 23.9. The van der Waals surface area contributed by atoms with Crippen LogP contribution in [0.4, 0.5) is 14.5 Å². The molecule has 0 aromatic heterocycles. The van der Waals surface area contributed by atoms with E-state index in [0.29, 0.717) is 44.2 Å². The number of halogens is 2. The second-order valence-electron chi connectivity index (χ2n) is 8.97. The van der Waals surface area contributed by atoms with E-state index in [-0.39, 0.29) is 42.5 Å². The van der Waals surface area contributed by atoms with Crippen molar-refractivity contribution < 1.29 is 23.1 Å². The zero-order valence-corrected chi connectivity index (χ0v) is 19.8. The molecule has 5 rings (SSSR count). The molecule has 0 radical (unpaired) electrons. The van der Waals surface area contributed by atoms with Gasteiger partial charge in [0.1, 0.15) is 17.4 Å². The predicted molar refractivity (Wildman–Crippen MR) is 132 cm³/mol. The van der Waals surface area contributed by atoms with Crippen LogP contribution in [0.15, 0.2) is 72.8 Å². The molecule has 36 heavy (non-hydrogen) atoms. The Balaban J connectivity index is 1.23. The molecule has 0 spiro atoms. The van der Waals surface area contributed by atoms with Crippen molar-refractivity contribution in [3.05, 3.63) is 95.6 Å². The molecule has 0 atom stereocenters. The van der Waals surface area contributed by atoms with Crippen LogP contribution in [0, 0.1) is 11.6 Å². The Bertz CT molecular complexity index is 1180. The summed E-state index contributed by atoms with van der Waals surface area (Å²) in [6.45, 7) is 2.57. The van der Waals surface area contributed by atoms with Crippen molar-refractivity contribution in [3.63, 3.8) is 0 Å². The summed E-state index contributed by atoms with van der Waals surface area (Å²) in [5.41, 5.74) is 2.51. The van der Waals surface area contributed by atoms with E-state index in [1.54, 1.807) is 29.2 Å². The molecule has 0 N–H and O–H groups in total. The van der Waals surface area contributed by atoms with Gasteiger partial charge in [-0.15, -0.1) is 0 Å². The molecular weight excluding hydrogens is 464 g/mol. The second-order valence-corrected chi connectivity index (χ2v) is 8.97. The molecule has 1 saturated heterocycles. The average Bonchev–Trinajstić information content (AvgIpc) is 2.90. The molecule has 2 aliphatic heterocycles. The molecule has 0 bridgehead atoms. The standard InChI is InChI=1S/C28H27F2N3O3/c29-22-9-5-20(6-10-22)28(21-7-11-23(30)12-8-21)32-17-15-31(16-18-32)26(34)13-14-33-24-3-1-2-4-25(24)36-19-27(33)35/h1-12,28H,13-19H2. The summed E-state index contributed by atoms with van der Waals surface area (Å²) in [6, 6.07) is 19.9. The zero-order chi connectivity index (χ0) is 25.1. The molecule has 0 unspecified atom stereocenters. The first-order chi connectivity index (χ1) is 17.5. The number of benzene rings is 3. The maximum Gasteiger partial charge on any atom is 0.265 e. The van der Waals surface area contributed by atoms with Crippen LogP contribution in [0.5, 0.6) is 5.75 Å². The third kappa shape index (κ3) is 5.09. The van der Waals surface area contributed by atoms with E-state index in [4.69, 9.17) is 4.74 Å². The summed E-state index contributed by atoms with van der Waals surface area (Å²) in [5.74, 6) is -0.146. The Morgan fingerprint density at radius 1 is 0.833 bits per heavy atom. The number of hydrogen-bond donors (Lipinski definition) is 0. The molecule has 186 valence electrons. The number of para-hydroxylation sites is 2. The van der Waals surface area contributed by atoms with Gasteiger partial charge < -0.3 is 14.5 Å². The van der Waals surface area contributed by atoms with Crippen LogP contribution >= 0.6 is 0 Å². The maximum atomic E-state index is 13.6. The first-order valence-electron chi connectivity index (χ1n) is 12.0. The van der Waals surface area contributed by atoms with E-state index in [1.165, 1.54) is 24.3 Å². The lowest BCUT2D eigenvalue weighted by Gasteiger charge is -2.40. The van der Waals surface area contributed by atoms with Crippen molar-refractivity contribution >= 4 is 17.5 Å². The van der Waals surface area contributed by atoms with Crippen LogP contribution in [0.1, 0.15) is 23.6 Å². The first-order valence-corrected chi connectivity index (χ1v) is 12.0. The monoisotopic (exact) mass is 491 g/mol. The topological polar surface area (TPSA) is 53.1 Å². The quantitative estimate of drug-likeness (QED) is 0.523. The number of nitrogens with zero attached hydrogens (tertiary/aromatic N) is 3. The highest BCUT2D eigenvalue weighted by molar-refractivity contribution is 5.98. The Hall–Kier alpha value is -3.78. The van der Waals surface area contributed by atoms with Gasteiger partial charge in [0, 0.05) is 39.1 Å². The van der Waals surface area contributed by atoms with Crippen molar-refractivity contribution in [1.82, 2.24) is 9.80 Å². The van der Waals surface area contributed by atoms with Gasteiger partial charge in [-0.05, 0) is 47.5 Å². The van der Waals surface area contributed by atoms with Crippen molar-refractivity contribution in [1.29, 1.82) is 0 Å². The largest absolute Gasteiger partial charge is 0.482 e. The summed E-state index contributed by atoms with van der Waals surface area (Å²) < 4.78 is 32.6. The Labute approximate surface area is 208 Å². The highest BCUT2D eigenvalue weighted by atomic mass is 19.1. The number of fused-ring (bicyclic) bond motifs is 1. The zero-order valence-electron chi connectivity index (χ0n) is 19.8. The van der Waals surface area contributed by atoms with Crippen molar-refractivity contribution in [2.24, 2.45) is 0 Å². The molecule has 2 amide bonds. The van der Waals surface area contributed by atoms with E-state index >= 15 is 0 Å². The summed E-state index contributed by atoms with van der Waals surface area (Å²) in [4.78, 5) is 31.1. The van der Waals surface area contributed by atoms with Crippen LogP contribution in [-0.4, -0.2) is 60.9 Å². The highest BCUT2D eigenvalue weighted by Gasteiger charge is 2.30. The van der Waals surface area contributed by atoms with Crippen LogP contribution in [0.2, 0.25) is 0 Å². The minimum atomic E-state index is -0.312. The second kappa shape index (κ2) is 10.5. The van der Waals surface area contributed by atoms with E-state index in [2.05, 4.69) is 4.90 Å². The molecule has 2 aliphatic rings. The summed E-state index contributed by atoms with van der Waals surface area (Å²) in [5, 5.41) is 0. The summed E-state index contributed by atoms with van der Waals surface area (Å²) >= 11 is 0. The Morgan fingerprint density at radius 2 is 1.42 bits per heavy atom. The number of ether oxygens (including phenoxy) is 1. The molecule has 2 heterocycles. The molecule has 3 aromatic rings. The Kier molecular flexibility index (Phi) is 6.95. The summed E-state index contributed by atoms with van der Waals surface area (Å²) in [6.07, 6.45) is 0.222. The van der Waals surface area contributed by atoms with E-state index in [0.717, 1.165) is 11.1 Å².